The van der Waals surface area contributed by atoms with Crippen molar-refractivity contribution in [2.45, 2.75) is 39.4 Å². The van der Waals surface area contributed by atoms with Crippen molar-refractivity contribution in [2.75, 3.05) is 7.11 Å². The molecule has 2 N–H and O–H groups in total. The van der Waals surface area contributed by atoms with Gasteiger partial charge >= 0.3 is 0 Å². The van der Waals surface area contributed by atoms with Crippen LogP contribution < -0.4 is 4.74 Å². The number of aromatic hydroxyl groups is 1. The lowest BCUT2D eigenvalue weighted by Crippen LogP contribution is -2.59. The van der Waals surface area contributed by atoms with Crippen LogP contribution in [0.2, 0.25) is 0 Å². The zero-order valence-electron chi connectivity index (χ0n) is 13.8. The third-order valence-electron chi connectivity index (χ3n) is 4.28. The van der Waals surface area contributed by atoms with E-state index < -0.39 is 29.0 Å². The maximum Gasteiger partial charge on any atom is 0.233 e. The maximum absolute atomic E-state index is 12.5. The summed E-state index contributed by atoms with van der Waals surface area (Å²) in [5.74, 6) is -1.54. The van der Waals surface area contributed by atoms with Gasteiger partial charge in [-0.3, -0.25) is 9.59 Å². The average Bonchev–Trinajstić information content (AvgIpc) is 2.52. The van der Waals surface area contributed by atoms with Crippen molar-refractivity contribution in [2.24, 2.45) is 0 Å². The zero-order valence-corrected chi connectivity index (χ0v) is 13.8. The molecular weight excluding hydrogens is 300 g/mol. The number of Topliss-reactive ketones (excluding diaryl/α,β-unsaturated/α-hetero) is 2. The Labute approximate surface area is 134 Å². The van der Waals surface area contributed by atoms with Crippen molar-refractivity contribution in [3.05, 3.63) is 34.6 Å². The summed E-state index contributed by atoms with van der Waals surface area (Å²) in [5, 5.41) is 19.7. The van der Waals surface area contributed by atoms with Crippen molar-refractivity contribution in [3.8, 4) is 11.5 Å². The van der Waals surface area contributed by atoms with Crippen LogP contribution in [-0.2, 0) is 14.3 Å². The SMILES string of the molecule is CO[C@]1(C)C(=O)C(O)=C(C)C(=O)[C@H]1Oc1cc(C)cc(O)c1C. The van der Waals surface area contributed by atoms with Gasteiger partial charge in [-0.15, -0.1) is 0 Å². The molecule has 0 aromatic heterocycles. The number of phenolic OH excluding ortho intramolecular Hbond substituents is 1. The number of rotatable bonds is 3. The van der Waals surface area contributed by atoms with Gasteiger partial charge in [-0.25, -0.2) is 0 Å². The lowest BCUT2D eigenvalue weighted by atomic mass is 9.81. The predicted molar refractivity (Wildman–Crippen MR) is 82.8 cm³/mol. The number of carbonyl (C=O) groups is 2. The molecule has 23 heavy (non-hydrogen) atoms. The quantitative estimate of drug-likeness (QED) is 0.886. The van der Waals surface area contributed by atoms with Crippen molar-refractivity contribution >= 4 is 11.6 Å². The van der Waals surface area contributed by atoms with E-state index in [-0.39, 0.29) is 17.1 Å². The molecule has 0 bridgehead atoms. The average molecular weight is 320 g/mol. The van der Waals surface area contributed by atoms with Gasteiger partial charge in [0.05, 0.1) is 0 Å². The fraction of sp³-hybridized carbons (Fsp3) is 0.412. The third kappa shape index (κ3) is 2.59. The molecule has 2 atom stereocenters. The van der Waals surface area contributed by atoms with E-state index >= 15 is 0 Å². The molecule has 6 heteroatoms. The minimum absolute atomic E-state index is 0.0313. The Kier molecular flexibility index (Phi) is 4.22. The first-order valence-electron chi connectivity index (χ1n) is 7.14. The molecule has 0 saturated carbocycles. The second kappa shape index (κ2) is 5.70. The molecule has 1 aliphatic carbocycles. The van der Waals surface area contributed by atoms with Crippen LogP contribution in [0, 0.1) is 13.8 Å². The van der Waals surface area contributed by atoms with E-state index in [1.165, 1.54) is 21.0 Å². The predicted octanol–water partition coefficient (Wildman–Crippen LogP) is 2.15. The molecule has 6 nitrogen and oxygen atoms in total. The summed E-state index contributed by atoms with van der Waals surface area (Å²) in [5.41, 5.74) is -0.520. The number of ether oxygens (including phenoxy) is 2. The Bertz CT molecular complexity index is 718. The summed E-state index contributed by atoms with van der Waals surface area (Å²) in [6.45, 7) is 6.17. The summed E-state index contributed by atoms with van der Waals surface area (Å²) in [7, 11) is 1.27. The number of methoxy groups -OCH3 is 1. The number of aliphatic hydroxyl groups is 1. The molecule has 1 aromatic carbocycles. The number of carbonyl (C=O) groups excluding carboxylic acids is 2. The van der Waals surface area contributed by atoms with Crippen LogP contribution in [0.3, 0.4) is 0 Å². The van der Waals surface area contributed by atoms with Gasteiger partial charge < -0.3 is 19.7 Å². The Morgan fingerprint density at radius 1 is 1.13 bits per heavy atom. The Hall–Kier alpha value is -2.34. The monoisotopic (exact) mass is 320 g/mol. The van der Waals surface area contributed by atoms with E-state index in [1.54, 1.807) is 26.0 Å². The van der Waals surface area contributed by atoms with Crippen LogP contribution in [0.1, 0.15) is 25.0 Å². The highest BCUT2D eigenvalue weighted by Crippen LogP contribution is 2.35. The number of hydrogen-bond donors (Lipinski definition) is 2. The number of aryl methyl sites for hydroxylation is 1. The smallest absolute Gasteiger partial charge is 0.233 e. The normalized spacial score (nSPS) is 25.0. The van der Waals surface area contributed by atoms with Crippen molar-refractivity contribution in [1.82, 2.24) is 0 Å². The first-order chi connectivity index (χ1) is 10.6. The van der Waals surface area contributed by atoms with E-state index in [0.29, 0.717) is 5.56 Å². The molecular formula is C17H20O6. The number of hydrogen-bond acceptors (Lipinski definition) is 6. The van der Waals surface area contributed by atoms with E-state index in [9.17, 15) is 19.8 Å². The van der Waals surface area contributed by atoms with Crippen molar-refractivity contribution < 1.29 is 29.3 Å². The molecule has 0 radical (unpaired) electrons. The summed E-state index contributed by atoms with van der Waals surface area (Å²) in [6, 6.07) is 3.24. The molecule has 1 aromatic rings. The van der Waals surface area contributed by atoms with Crippen molar-refractivity contribution in [1.29, 1.82) is 0 Å². The second-order valence-electron chi connectivity index (χ2n) is 5.88. The first kappa shape index (κ1) is 17.0. The minimum atomic E-state index is -1.65. The lowest BCUT2D eigenvalue weighted by Gasteiger charge is -2.37. The Morgan fingerprint density at radius 2 is 1.74 bits per heavy atom. The summed E-state index contributed by atoms with van der Waals surface area (Å²) in [6.07, 6.45) is -1.25. The van der Waals surface area contributed by atoms with Gasteiger partial charge in [-0.05, 0) is 45.4 Å². The highest BCUT2D eigenvalue weighted by atomic mass is 16.6. The van der Waals surface area contributed by atoms with Gasteiger partial charge in [0.25, 0.3) is 0 Å². The molecule has 0 aliphatic heterocycles. The van der Waals surface area contributed by atoms with Crippen LogP contribution in [0.25, 0.3) is 0 Å². The zero-order chi connectivity index (χ0) is 17.5. The highest BCUT2D eigenvalue weighted by Gasteiger charge is 2.53. The first-order valence-corrected chi connectivity index (χ1v) is 7.14. The lowest BCUT2D eigenvalue weighted by molar-refractivity contribution is -0.159. The van der Waals surface area contributed by atoms with Gasteiger partial charge in [0, 0.05) is 18.2 Å². The van der Waals surface area contributed by atoms with Crippen LogP contribution in [0.15, 0.2) is 23.5 Å². The molecule has 0 fully saturated rings. The van der Waals surface area contributed by atoms with Crippen LogP contribution in [0.5, 0.6) is 11.5 Å². The van der Waals surface area contributed by atoms with Gasteiger partial charge in [-0.1, -0.05) is 0 Å². The molecule has 0 amide bonds. The van der Waals surface area contributed by atoms with Crippen molar-refractivity contribution in [3.63, 3.8) is 0 Å². The van der Waals surface area contributed by atoms with E-state index in [2.05, 4.69) is 0 Å². The standard InChI is InChI=1S/C17H20O6/c1-8-6-11(18)9(2)12(7-8)23-16-14(20)10(3)13(19)15(21)17(16,4)22-5/h6-7,16,18-19H,1-5H3/t16-,17-/m1/s1. The largest absolute Gasteiger partial charge is 0.508 e. The van der Waals surface area contributed by atoms with Gasteiger partial charge in [-0.2, -0.15) is 0 Å². The highest BCUT2D eigenvalue weighted by molar-refractivity contribution is 6.16. The second-order valence-corrected chi connectivity index (χ2v) is 5.88. The number of aliphatic hydroxyl groups excluding tert-OH is 1. The topological polar surface area (TPSA) is 93.1 Å². The van der Waals surface area contributed by atoms with E-state index in [0.717, 1.165) is 5.56 Å². The fourth-order valence-electron chi connectivity index (χ4n) is 2.51. The minimum Gasteiger partial charge on any atom is -0.508 e. The molecule has 1 aliphatic rings. The van der Waals surface area contributed by atoms with Gasteiger partial charge in [0.2, 0.25) is 11.6 Å². The molecule has 0 saturated heterocycles. The molecule has 0 heterocycles. The summed E-state index contributed by atoms with van der Waals surface area (Å²) >= 11 is 0. The van der Waals surface area contributed by atoms with Crippen LogP contribution in [0.4, 0.5) is 0 Å². The van der Waals surface area contributed by atoms with Crippen LogP contribution >= 0.6 is 0 Å². The van der Waals surface area contributed by atoms with E-state index in [1.807, 2.05) is 0 Å². The number of benzene rings is 1. The van der Waals surface area contributed by atoms with E-state index in [4.69, 9.17) is 9.47 Å². The maximum atomic E-state index is 12.5. The third-order valence-corrected chi connectivity index (χ3v) is 4.28. The Morgan fingerprint density at radius 3 is 2.30 bits per heavy atom. The Balaban J connectivity index is 2.53. The van der Waals surface area contributed by atoms with Gasteiger partial charge in [0.1, 0.15) is 11.5 Å². The molecule has 0 spiro atoms. The molecule has 124 valence electrons. The molecule has 0 unspecified atom stereocenters. The summed E-state index contributed by atoms with van der Waals surface area (Å²) < 4.78 is 11.0. The van der Waals surface area contributed by atoms with Gasteiger partial charge in [0.15, 0.2) is 17.5 Å². The fourth-order valence-corrected chi connectivity index (χ4v) is 2.51. The number of ketones is 2. The van der Waals surface area contributed by atoms with Crippen LogP contribution in [-0.4, -0.2) is 40.6 Å². The summed E-state index contributed by atoms with van der Waals surface area (Å²) in [4.78, 5) is 24.8. The number of phenols is 1. The molecule has 2 rings (SSSR count).